The van der Waals surface area contributed by atoms with Gasteiger partial charge in [-0.25, -0.2) is 9.97 Å². The van der Waals surface area contributed by atoms with Gasteiger partial charge in [0.15, 0.2) is 5.82 Å². The molecular formula is C17H24N4. The Morgan fingerprint density at radius 3 is 2.76 bits per heavy atom. The van der Waals surface area contributed by atoms with Crippen LogP contribution in [0.3, 0.4) is 0 Å². The topological polar surface area (TPSA) is 63.8 Å². The predicted octanol–water partition coefficient (Wildman–Crippen LogP) is 3.34. The summed E-state index contributed by atoms with van der Waals surface area (Å²) in [5.74, 6) is 1.13. The highest BCUT2D eigenvalue weighted by Gasteiger charge is 2.11. The van der Waals surface area contributed by atoms with E-state index < -0.39 is 0 Å². The molecule has 0 amide bonds. The first-order chi connectivity index (χ1) is 10.1. The lowest BCUT2D eigenvalue weighted by molar-refractivity contribution is 0.809. The standard InChI is InChI=1S/C17H24N4/c1-12(2)16-15(19-9-5-8-18)11-20-17(21-16)14-7-4-6-13(3)10-14/h4,6-7,10-12,19H,5,8-9,18H2,1-3H3. The van der Waals surface area contributed by atoms with Crippen LogP contribution in [-0.4, -0.2) is 23.1 Å². The van der Waals surface area contributed by atoms with Gasteiger partial charge in [-0.1, -0.05) is 37.6 Å². The molecule has 21 heavy (non-hydrogen) atoms. The van der Waals surface area contributed by atoms with E-state index in [-0.39, 0.29) is 0 Å². The van der Waals surface area contributed by atoms with Crippen LogP contribution in [-0.2, 0) is 0 Å². The highest BCUT2D eigenvalue weighted by Crippen LogP contribution is 2.25. The molecule has 0 unspecified atom stereocenters. The first-order valence-corrected chi connectivity index (χ1v) is 7.49. The van der Waals surface area contributed by atoms with Crippen molar-refractivity contribution in [1.82, 2.24) is 9.97 Å². The van der Waals surface area contributed by atoms with E-state index in [2.05, 4.69) is 43.2 Å². The van der Waals surface area contributed by atoms with Gasteiger partial charge in [0, 0.05) is 12.1 Å². The number of aryl methyl sites for hydroxylation is 1. The van der Waals surface area contributed by atoms with Gasteiger partial charge in [0.05, 0.1) is 17.6 Å². The van der Waals surface area contributed by atoms with Gasteiger partial charge in [0.1, 0.15) is 0 Å². The molecule has 0 spiro atoms. The lowest BCUT2D eigenvalue weighted by atomic mass is 10.1. The van der Waals surface area contributed by atoms with E-state index in [0.717, 1.165) is 35.7 Å². The van der Waals surface area contributed by atoms with Gasteiger partial charge in [-0.3, -0.25) is 0 Å². The minimum atomic E-state index is 0.344. The Labute approximate surface area is 126 Å². The molecule has 0 bridgehead atoms. The van der Waals surface area contributed by atoms with Gasteiger partial charge in [-0.15, -0.1) is 0 Å². The molecule has 112 valence electrons. The summed E-state index contributed by atoms with van der Waals surface area (Å²) in [6.07, 6.45) is 2.83. The molecule has 0 atom stereocenters. The van der Waals surface area contributed by atoms with Gasteiger partial charge in [0.2, 0.25) is 0 Å². The summed E-state index contributed by atoms with van der Waals surface area (Å²) in [5.41, 5.74) is 9.87. The molecule has 0 fully saturated rings. The average Bonchev–Trinajstić information content (AvgIpc) is 2.47. The van der Waals surface area contributed by atoms with Gasteiger partial charge in [-0.05, 0) is 31.9 Å². The number of benzene rings is 1. The van der Waals surface area contributed by atoms with Gasteiger partial charge < -0.3 is 11.1 Å². The third kappa shape index (κ3) is 4.02. The Bertz CT molecular complexity index is 593. The molecule has 1 heterocycles. The molecule has 0 aliphatic carbocycles. The van der Waals surface area contributed by atoms with E-state index >= 15 is 0 Å². The van der Waals surface area contributed by atoms with Crippen LogP contribution in [0.4, 0.5) is 5.69 Å². The number of nitrogens with zero attached hydrogens (tertiary/aromatic N) is 2. The number of hydrogen-bond acceptors (Lipinski definition) is 4. The van der Waals surface area contributed by atoms with Crippen LogP contribution in [0.5, 0.6) is 0 Å². The zero-order chi connectivity index (χ0) is 15.2. The maximum Gasteiger partial charge on any atom is 0.159 e. The van der Waals surface area contributed by atoms with E-state index in [1.54, 1.807) is 0 Å². The van der Waals surface area contributed by atoms with Gasteiger partial charge >= 0.3 is 0 Å². The number of hydrogen-bond donors (Lipinski definition) is 2. The summed E-state index contributed by atoms with van der Waals surface area (Å²) in [7, 11) is 0. The molecule has 0 aliphatic rings. The molecule has 0 aliphatic heterocycles. The van der Waals surface area contributed by atoms with Crippen LogP contribution in [0.2, 0.25) is 0 Å². The van der Waals surface area contributed by atoms with E-state index in [1.165, 1.54) is 5.56 Å². The zero-order valence-electron chi connectivity index (χ0n) is 13.1. The third-order valence-corrected chi connectivity index (χ3v) is 3.34. The van der Waals surface area contributed by atoms with Crippen LogP contribution in [0, 0.1) is 6.92 Å². The van der Waals surface area contributed by atoms with E-state index in [9.17, 15) is 0 Å². The Kier molecular flexibility index (Phi) is 5.28. The van der Waals surface area contributed by atoms with Crippen molar-refractivity contribution in [2.45, 2.75) is 33.1 Å². The lowest BCUT2D eigenvalue weighted by Gasteiger charge is -2.14. The quantitative estimate of drug-likeness (QED) is 0.799. The summed E-state index contributed by atoms with van der Waals surface area (Å²) >= 11 is 0. The fraction of sp³-hybridized carbons (Fsp3) is 0.412. The summed E-state index contributed by atoms with van der Waals surface area (Å²) in [6, 6.07) is 8.28. The second-order valence-corrected chi connectivity index (χ2v) is 5.59. The van der Waals surface area contributed by atoms with E-state index in [0.29, 0.717) is 12.5 Å². The molecule has 0 radical (unpaired) electrons. The van der Waals surface area contributed by atoms with Crippen LogP contribution in [0.1, 0.15) is 37.4 Å². The number of nitrogens with one attached hydrogen (secondary N) is 1. The van der Waals surface area contributed by atoms with E-state index in [1.807, 2.05) is 18.3 Å². The average molecular weight is 284 g/mol. The molecule has 3 N–H and O–H groups in total. The maximum atomic E-state index is 5.53. The third-order valence-electron chi connectivity index (χ3n) is 3.34. The SMILES string of the molecule is Cc1cccc(-c2ncc(NCCCN)c(C(C)C)n2)c1. The predicted molar refractivity (Wildman–Crippen MR) is 88.5 cm³/mol. The molecule has 2 rings (SSSR count). The minimum Gasteiger partial charge on any atom is -0.382 e. The van der Waals surface area contributed by atoms with Crippen molar-refractivity contribution in [2.24, 2.45) is 5.73 Å². The lowest BCUT2D eigenvalue weighted by Crippen LogP contribution is -2.11. The van der Waals surface area contributed by atoms with Crippen molar-refractivity contribution in [3.05, 3.63) is 41.7 Å². The number of nitrogens with two attached hydrogens (primary N) is 1. The van der Waals surface area contributed by atoms with Crippen LogP contribution in [0.25, 0.3) is 11.4 Å². The summed E-state index contributed by atoms with van der Waals surface area (Å²) in [6.45, 7) is 7.91. The fourth-order valence-electron chi connectivity index (χ4n) is 2.22. The molecule has 1 aromatic carbocycles. The van der Waals surface area contributed by atoms with Crippen molar-refractivity contribution < 1.29 is 0 Å². The summed E-state index contributed by atoms with van der Waals surface area (Å²) in [4.78, 5) is 9.26. The number of anilines is 1. The molecule has 2 aromatic rings. The number of rotatable bonds is 6. The highest BCUT2D eigenvalue weighted by atomic mass is 15.0. The first kappa shape index (κ1) is 15.4. The van der Waals surface area contributed by atoms with Gasteiger partial charge in [0.25, 0.3) is 0 Å². The molecule has 0 saturated heterocycles. The Morgan fingerprint density at radius 1 is 1.29 bits per heavy atom. The van der Waals surface area contributed by atoms with Crippen molar-refractivity contribution in [3.63, 3.8) is 0 Å². The van der Waals surface area contributed by atoms with Crippen molar-refractivity contribution in [3.8, 4) is 11.4 Å². The Balaban J connectivity index is 2.31. The zero-order valence-corrected chi connectivity index (χ0v) is 13.1. The fourth-order valence-corrected chi connectivity index (χ4v) is 2.22. The Morgan fingerprint density at radius 2 is 2.10 bits per heavy atom. The molecule has 1 aromatic heterocycles. The van der Waals surface area contributed by atoms with Crippen LogP contribution >= 0.6 is 0 Å². The summed E-state index contributed by atoms with van der Waals surface area (Å²) in [5, 5.41) is 3.38. The molecule has 4 heteroatoms. The monoisotopic (exact) mass is 284 g/mol. The minimum absolute atomic E-state index is 0.344. The largest absolute Gasteiger partial charge is 0.382 e. The maximum absolute atomic E-state index is 5.53. The highest BCUT2D eigenvalue weighted by molar-refractivity contribution is 5.59. The van der Waals surface area contributed by atoms with Crippen molar-refractivity contribution >= 4 is 5.69 Å². The number of aromatic nitrogens is 2. The van der Waals surface area contributed by atoms with E-state index in [4.69, 9.17) is 10.7 Å². The van der Waals surface area contributed by atoms with Crippen molar-refractivity contribution in [2.75, 3.05) is 18.4 Å². The second kappa shape index (κ2) is 7.18. The molecule has 0 saturated carbocycles. The van der Waals surface area contributed by atoms with Crippen LogP contribution in [0.15, 0.2) is 30.5 Å². The summed E-state index contributed by atoms with van der Waals surface area (Å²) < 4.78 is 0. The van der Waals surface area contributed by atoms with Gasteiger partial charge in [-0.2, -0.15) is 0 Å². The normalized spacial score (nSPS) is 10.9. The first-order valence-electron chi connectivity index (χ1n) is 7.49. The second-order valence-electron chi connectivity index (χ2n) is 5.59. The Hall–Kier alpha value is -1.94. The van der Waals surface area contributed by atoms with Crippen molar-refractivity contribution in [1.29, 1.82) is 0 Å². The molecule has 4 nitrogen and oxygen atoms in total. The molecular weight excluding hydrogens is 260 g/mol. The smallest absolute Gasteiger partial charge is 0.159 e. The van der Waals surface area contributed by atoms with Crippen LogP contribution < -0.4 is 11.1 Å².